The van der Waals surface area contributed by atoms with Crippen molar-refractivity contribution >= 4 is 40.2 Å². The number of hydrogen-bond acceptors (Lipinski definition) is 4. The minimum Gasteiger partial charge on any atom is -0.504 e. The van der Waals surface area contributed by atoms with E-state index in [0.717, 1.165) is 3.57 Å². The maximum absolute atomic E-state index is 11.9. The van der Waals surface area contributed by atoms with Crippen molar-refractivity contribution < 1.29 is 14.7 Å². The SMILES string of the molecule is O=C(CNC(=O)c1ccccc1I)Nc1ncccc1O. The normalized spacial score (nSPS) is 9.95. The van der Waals surface area contributed by atoms with E-state index in [2.05, 4.69) is 38.2 Å². The van der Waals surface area contributed by atoms with E-state index in [0.29, 0.717) is 5.56 Å². The van der Waals surface area contributed by atoms with Gasteiger partial charge < -0.3 is 15.7 Å². The Balaban J connectivity index is 1.91. The first kappa shape index (κ1) is 15.2. The van der Waals surface area contributed by atoms with Crippen molar-refractivity contribution in [2.45, 2.75) is 0 Å². The summed E-state index contributed by atoms with van der Waals surface area (Å²) in [4.78, 5) is 27.5. The molecule has 3 N–H and O–H groups in total. The first-order valence-electron chi connectivity index (χ1n) is 6.04. The highest BCUT2D eigenvalue weighted by Gasteiger charge is 2.12. The summed E-state index contributed by atoms with van der Waals surface area (Å²) in [6, 6.07) is 10.0. The highest BCUT2D eigenvalue weighted by atomic mass is 127. The smallest absolute Gasteiger partial charge is 0.252 e. The van der Waals surface area contributed by atoms with Gasteiger partial charge in [-0.15, -0.1) is 0 Å². The van der Waals surface area contributed by atoms with Gasteiger partial charge in [-0.3, -0.25) is 9.59 Å². The predicted molar refractivity (Wildman–Crippen MR) is 86.0 cm³/mol. The third-order valence-electron chi connectivity index (χ3n) is 2.57. The Hall–Kier alpha value is -2.16. The molecular weight excluding hydrogens is 385 g/mol. The van der Waals surface area contributed by atoms with Gasteiger partial charge in [-0.25, -0.2) is 4.98 Å². The molecule has 0 spiro atoms. The average molecular weight is 397 g/mol. The second-order valence-corrected chi connectivity index (χ2v) is 5.24. The number of aromatic hydroxyl groups is 1. The molecule has 1 heterocycles. The standard InChI is InChI=1S/C14H12IN3O3/c15-10-5-2-1-4-9(10)14(21)17-8-12(20)18-13-11(19)6-3-7-16-13/h1-7,19H,8H2,(H,17,21)(H,16,18,20). The molecule has 0 fully saturated rings. The van der Waals surface area contributed by atoms with Gasteiger partial charge in [0.1, 0.15) is 0 Å². The van der Waals surface area contributed by atoms with E-state index in [4.69, 9.17) is 0 Å². The lowest BCUT2D eigenvalue weighted by molar-refractivity contribution is -0.115. The quantitative estimate of drug-likeness (QED) is 0.686. The van der Waals surface area contributed by atoms with Crippen molar-refractivity contribution in [2.24, 2.45) is 0 Å². The summed E-state index contributed by atoms with van der Waals surface area (Å²) < 4.78 is 0.801. The number of anilines is 1. The Kier molecular flexibility index (Phi) is 5.09. The zero-order valence-corrected chi connectivity index (χ0v) is 13.0. The Bertz CT molecular complexity index is 676. The van der Waals surface area contributed by atoms with Crippen LogP contribution in [0.25, 0.3) is 0 Å². The summed E-state index contributed by atoms with van der Waals surface area (Å²) in [5.41, 5.74) is 0.506. The summed E-state index contributed by atoms with van der Waals surface area (Å²) >= 11 is 2.05. The lowest BCUT2D eigenvalue weighted by Crippen LogP contribution is -2.33. The number of pyridine rings is 1. The van der Waals surface area contributed by atoms with Crippen LogP contribution in [0.4, 0.5) is 5.82 Å². The van der Waals surface area contributed by atoms with E-state index in [1.807, 2.05) is 12.1 Å². The van der Waals surface area contributed by atoms with Crippen molar-refractivity contribution in [3.05, 3.63) is 51.7 Å². The molecule has 0 saturated carbocycles. The minimum atomic E-state index is -0.469. The van der Waals surface area contributed by atoms with Gasteiger partial charge in [-0.1, -0.05) is 12.1 Å². The number of benzene rings is 1. The molecule has 2 aromatic rings. The van der Waals surface area contributed by atoms with Gasteiger partial charge in [-0.2, -0.15) is 0 Å². The maximum Gasteiger partial charge on any atom is 0.252 e. The molecule has 7 heteroatoms. The molecule has 6 nitrogen and oxygen atoms in total. The number of halogens is 1. The molecule has 1 aromatic carbocycles. The third-order valence-corrected chi connectivity index (χ3v) is 3.51. The van der Waals surface area contributed by atoms with Crippen LogP contribution in [-0.2, 0) is 4.79 Å². The van der Waals surface area contributed by atoms with Crippen molar-refractivity contribution in [1.82, 2.24) is 10.3 Å². The van der Waals surface area contributed by atoms with E-state index in [9.17, 15) is 14.7 Å². The minimum absolute atomic E-state index is 0.0611. The predicted octanol–water partition coefficient (Wildman–Crippen LogP) is 1.76. The van der Waals surface area contributed by atoms with Crippen LogP contribution < -0.4 is 10.6 Å². The van der Waals surface area contributed by atoms with E-state index in [1.54, 1.807) is 18.2 Å². The van der Waals surface area contributed by atoms with Crippen molar-refractivity contribution in [3.63, 3.8) is 0 Å². The highest BCUT2D eigenvalue weighted by Crippen LogP contribution is 2.17. The van der Waals surface area contributed by atoms with Crippen molar-refractivity contribution in [1.29, 1.82) is 0 Å². The van der Waals surface area contributed by atoms with Gasteiger partial charge in [0.05, 0.1) is 12.1 Å². The summed E-state index contributed by atoms with van der Waals surface area (Å²) in [6.45, 7) is -0.209. The monoisotopic (exact) mass is 397 g/mol. The van der Waals surface area contributed by atoms with E-state index in [1.165, 1.54) is 12.3 Å². The number of nitrogens with one attached hydrogen (secondary N) is 2. The summed E-state index contributed by atoms with van der Waals surface area (Å²) in [7, 11) is 0. The Morgan fingerprint density at radius 3 is 2.67 bits per heavy atom. The van der Waals surface area contributed by atoms with Gasteiger partial charge in [0, 0.05) is 9.77 Å². The zero-order valence-electron chi connectivity index (χ0n) is 10.8. The summed E-state index contributed by atoms with van der Waals surface area (Å²) in [6.07, 6.45) is 1.44. The summed E-state index contributed by atoms with van der Waals surface area (Å²) in [5, 5.41) is 14.4. The highest BCUT2D eigenvalue weighted by molar-refractivity contribution is 14.1. The van der Waals surface area contributed by atoms with Crippen LogP contribution in [0.3, 0.4) is 0 Å². The molecule has 0 atom stereocenters. The molecule has 2 amide bonds. The molecule has 108 valence electrons. The first-order chi connectivity index (χ1) is 10.1. The average Bonchev–Trinajstić information content (AvgIpc) is 2.48. The van der Waals surface area contributed by atoms with Crippen LogP contribution in [0.2, 0.25) is 0 Å². The molecule has 1 aromatic heterocycles. The molecule has 0 aliphatic heterocycles. The third kappa shape index (κ3) is 4.15. The van der Waals surface area contributed by atoms with Crippen LogP contribution >= 0.6 is 22.6 Å². The van der Waals surface area contributed by atoms with Crippen LogP contribution in [0.1, 0.15) is 10.4 Å². The van der Waals surface area contributed by atoms with Crippen LogP contribution in [0.5, 0.6) is 5.75 Å². The van der Waals surface area contributed by atoms with Crippen LogP contribution in [-0.4, -0.2) is 28.4 Å². The van der Waals surface area contributed by atoms with E-state index < -0.39 is 5.91 Å². The molecule has 21 heavy (non-hydrogen) atoms. The number of amides is 2. The Morgan fingerprint density at radius 1 is 1.19 bits per heavy atom. The number of hydrogen-bond donors (Lipinski definition) is 3. The molecule has 0 saturated heterocycles. The lowest BCUT2D eigenvalue weighted by Gasteiger charge is -2.08. The number of aromatic nitrogens is 1. The Morgan fingerprint density at radius 2 is 1.95 bits per heavy atom. The molecular formula is C14H12IN3O3. The van der Waals surface area contributed by atoms with Gasteiger partial charge >= 0.3 is 0 Å². The number of nitrogens with zero attached hydrogens (tertiary/aromatic N) is 1. The summed E-state index contributed by atoms with van der Waals surface area (Å²) in [5.74, 6) is -0.871. The fourth-order valence-corrected chi connectivity index (χ4v) is 2.20. The van der Waals surface area contributed by atoms with Crippen molar-refractivity contribution in [3.8, 4) is 5.75 Å². The first-order valence-corrected chi connectivity index (χ1v) is 7.12. The maximum atomic E-state index is 11.9. The van der Waals surface area contributed by atoms with Crippen LogP contribution in [0.15, 0.2) is 42.6 Å². The van der Waals surface area contributed by atoms with Gasteiger partial charge in [0.2, 0.25) is 5.91 Å². The molecule has 0 bridgehead atoms. The molecule has 0 aliphatic rings. The largest absolute Gasteiger partial charge is 0.504 e. The van der Waals surface area contributed by atoms with E-state index in [-0.39, 0.29) is 24.0 Å². The molecule has 2 rings (SSSR count). The van der Waals surface area contributed by atoms with Crippen LogP contribution in [0, 0.1) is 3.57 Å². The molecule has 0 aliphatic carbocycles. The van der Waals surface area contributed by atoms with Crippen molar-refractivity contribution in [2.75, 3.05) is 11.9 Å². The topological polar surface area (TPSA) is 91.3 Å². The number of rotatable bonds is 4. The molecule has 0 unspecified atom stereocenters. The van der Waals surface area contributed by atoms with Gasteiger partial charge in [0.15, 0.2) is 11.6 Å². The second kappa shape index (κ2) is 7.02. The number of carbonyl (C=O) groups is 2. The Labute approximate surface area is 134 Å². The van der Waals surface area contributed by atoms with Gasteiger partial charge in [0.25, 0.3) is 5.91 Å². The second-order valence-electron chi connectivity index (χ2n) is 4.08. The fraction of sp³-hybridized carbons (Fsp3) is 0.0714. The zero-order chi connectivity index (χ0) is 15.2. The lowest BCUT2D eigenvalue weighted by atomic mass is 10.2. The molecule has 0 radical (unpaired) electrons. The number of carbonyl (C=O) groups excluding carboxylic acids is 2. The fourth-order valence-electron chi connectivity index (χ4n) is 1.57. The van der Waals surface area contributed by atoms with Gasteiger partial charge in [-0.05, 0) is 46.9 Å². The van der Waals surface area contributed by atoms with E-state index >= 15 is 0 Å².